The highest BCUT2D eigenvalue weighted by Crippen LogP contribution is 2.50. The van der Waals surface area contributed by atoms with Crippen molar-refractivity contribution in [1.82, 2.24) is 4.98 Å². The summed E-state index contributed by atoms with van der Waals surface area (Å²) < 4.78 is 65.0. The molecule has 4 heterocycles. The third kappa shape index (κ3) is 3.81. The van der Waals surface area contributed by atoms with Crippen molar-refractivity contribution in [1.29, 1.82) is 0 Å². The Balaban J connectivity index is 1.35. The summed E-state index contributed by atoms with van der Waals surface area (Å²) in [6.45, 7) is 2.50. The van der Waals surface area contributed by atoms with E-state index in [1.165, 1.54) is 18.4 Å². The second-order valence-corrected chi connectivity index (χ2v) is 10.9. The number of hydrogen-bond acceptors (Lipinski definition) is 8. The van der Waals surface area contributed by atoms with Crippen molar-refractivity contribution < 1.29 is 36.2 Å². The first-order valence-corrected chi connectivity index (χ1v) is 12.2. The van der Waals surface area contributed by atoms with Crippen LogP contribution in [-0.4, -0.2) is 56.8 Å². The zero-order valence-electron chi connectivity index (χ0n) is 17.8. The Bertz CT molecular complexity index is 1250. The number of carbonyl (C=O) groups excluding carboxylic acids is 1. The molecular weight excluding hydrogens is 460 g/mol. The van der Waals surface area contributed by atoms with E-state index in [1.54, 1.807) is 25.1 Å². The number of ether oxygens (including phenoxy) is 3. The molecule has 0 spiro atoms. The smallest absolute Gasteiger partial charge is 0.492 e. The van der Waals surface area contributed by atoms with Crippen molar-refractivity contribution in [2.75, 3.05) is 36.2 Å². The first-order valence-electron chi connectivity index (χ1n) is 10.2. The van der Waals surface area contributed by atoms with Crippen LogP contribution in [0.5, 0.6) is 17.2 Å². The highest BCUT2D eigenvalue weighted by Gasteiger charge is 2.49. The third-order valence-corrected chi connectivity index (χ3v) is 7.76. The molecule has 0 aliphatic carbocycles. The van der Waals surface area contributed by atoms with Crippen LogP contribution in [0.4, 0.5) is 20.4 Å². The van der Waals surface area contributed by atoms with Gasteiger partial charge in [0.25, 0.3) is 0 Å². The van der Waals surface area contributed by atoms with Gasteiger partial charge in [-0.05, 0) is 31.5 Å². The van der Waals surface area contributed by atoms with Crippen molar-refractivity contribution in [2.24, 2.45) is 0 Å². The second-order valence-electron chi connectivity index (χ2n) is 8.60. The monoisotopic (exact) mass is 481 g/mol. The zero-order chi connectivity index (χ0) is 23.6. The van der Waals surface area contributed by atoms with Crippen LogP contribution >= 0.6 is 0 Å². The number of pyridine rings is 1. The molecule has 1 N–H and O–H groups in total. The van der Waals surface area contributed by atoms with E-state index in [4.69, 9.17) is 4.74 Å². The van der Waals surface area contributed by atoms with Crippen LogP contribution in [0.2, 0.25) is 0 Å². The SMILES string of the molecule is C[C@]1(C(=O)Nc2cccc(N3CCC(S(C)(=O)=O)C3)n2)COc2cc3c(cc21)OC(F)(F)O3. The first-order chi connectivity index (χ1) is 15.4. The van der Waals surface area contributed by atoms with Crippen molar-refractivity contribution in [3.8, 4) is 17.2 Å². The fraction of sp³-hybridized carbons (Fsp3) is 0.429. The van der Waals surface area contributed by atoms with Crippen LogP contribution in [0, 0.1) is 0 Å². The molecule has 3 aliphatic heterocycles. The summed E-state index contributed by atoms with van der Waals surface area (Å²) in [5, 5.41) is 2.30. The molecule has 0 bridgehead atoms. The molecule has 1 fully saturated rings. The Labute approximate surface area is 188 Å². The van der Waals surface area contributed by atoms with Crippen molar-refractivity contribution in [2.45, 2.75) is 30.3 Å². The molecule has 12 heteroatoms. The van der Waals surface area contributed by atoms with E-state index in [0.29, 0.717) is 30.9 Å². The summed E-state index contributed by atoms with van der Waals surface area (Å²) in [5.41, 5.74) is -0.787. The van der Waals surface area contributed by atoms with Crippen molar-refractivity contribution in [3.63, 3.8) is 0 Å². The summed E-state index contributed by atoms with van der Waals surface area (Å²) in [5.74, 6) is 0.332. The topological polar surface area (TPSA) is 107 Å². The number of benzene rings is 1. The van der Waals surface area contributed by atoms with Gasteiger partial charge in [0.2, 0.25) is 5.91 Å². The Morgan fingerprint density at radius 3 is 2.64 bits per heavy atom. The molecule has 33 heavy (non-hydrogen) atoms. The van der Waals surface area contributed by atoms with Crippen LogP contribution in [0.1, 0.15) is 18.9 Å². The molecule has 0 radical (unpaired) electrons. The lowest BCUT2D eigenvalue weighted by molar-refractivity contribution is -0.286. The van der Waals surface area contributed by atoms with Gasteiger partial charge in [0.05, 0.1) is 5.25 Å². The van der Waals surface area contributed by atoms with Gasteiger partial charge in [-0.1, -0.05) is 6.07 Å². The van der Waals surface area contributed by atoms with Crippen LogP contribution in [0.3, 0.4) is 0 Å². The van der Waals surface area contributed by atoms with Gasteiger partial charge in [-0.15, -0.1) is 8.78 Å². The lowest BCUT2D eigenvalue weighted by Crippen LogP contribution is -2.39. The van der Waals surface area contributed by atoms with Gasteiger partial charge in [0.1, 0.15) is 29.4 Å². The molecule has 1 aromatic heterocycles. The van der Waals surface area contributed by atoms with Crippen molar-refractivity contribution in [3.05, 3.63) is 35.9 Å². The first kappa shape index (κ1) is 21.7. The predicted octanol–water partition coefficient (Wildman–Crippen LogP) is 2.32. The Hall–Kier alpha value is -3.15. The molecule has 9 nitrogen and oxygen atoms in total. The van der Waals surface area contributed by atoms with Gasteiger partial charge in [0, 0.05) is 31.0 Å². The van der Waals surface area contributed by atoms with Gasteiger partial charge in [0.15, 0.2) is 21.3 Å². The number of carbonyl (C=O) groups is 1. The Morgan fingerprint density at radius 1 is 1.21 bits per heavy atom. The van der Waals surface area contributed by atoms with Crippen LogP contribution in [-0.2, 0) is 20.0 Å². The summed E-state index contributed by atoms with van der Waals surface area (Å²) in [6.07, 6.45) is -2.04. The van der Waals surface area contributed by atoms with E-state index < -0.39 is 32.7 Å². The average Bonchev–Trinajstić information content (AvgIpc) is 3.42. The zero-order valence-corrected chi connectivity index (χ0v) is 18.6. The number of fused-ring (bicyclic) bond motifs is 2. The highest BCUT2D eigenvalue weighted by atomic mass is 32.2. The standard InChI is InChI=1S/C21H21F2N3O6S/c1-20(11-30-14-9-16-15(8-13(14)20)31-21(22,23)32-16)19(27)25-17-4-3-5-18(24-17)26-7-6-12(10-26)33(2,28)29/h3-5,8-9,12H,6-7,10-11H2,1-2H3,(H,24,25,27)/t12?,20-/m0/s1. The molecule has 2 atom stereocenters. The van der Waals surface area contributed by atoms with Gasteiger partial charge in [-0.25, -0.2) is 13.4 Å². The number of amides is 1. The van der Waals surface area contributed by atoms with E-state index in [1.807, 2.05) is 4.90 Å². The van der Waals surface area contributed by atoms with Crippen molar-refractivity contribution >= 4 is 27.4 Å². The molecule has 5 rings (SSSR count). The summed E-state index contributed by atoms with van der Waals surface area (Å²) in [6, 6.07) is 7.70. The van der Waals surface area contributed by atoms with E-state index in [2.05, 4.69) is 19.8 Å². The van der Waals surface area contributed by atoms with Crippen LogP contribution < -0.4 is 24.4 Å². The van der Waals surface area contributed by atoms with E-state index in [9.17, 15) is 22.0 Å². The van der Waals surface area contributed by atoms with Gasteiger partial charge in [-0.2, -0.15) is 0 Å². The molecule has 0 saturated carbocycles. The van der Waals surface area contributed by atoms with Gasteiger partial charge >= 0.3 is 6.29 Å². The largest absolute Gasteiger partial charge is 0.586 e. The number of halogens is 2. The quantitative estimate of drug-likeness (QED) is 0.709. The predicted molar refractivity (Wildman–Crippen MR) is 114 cm³/mol. The summed E-state index contributed by atoms with van der Waals surface area (Å²) in [4.78, 5) is 19.5. The molecule has 1 unspecified atom stereocenters. The lowest BCUT2D eigenvalue weighted by atomic mass is 9.83. The number of alkyl halides is 2. The number of aromatic nitrogens is 1. The fourth-order valence-electron chi connectivity index (χ4n) is 4.23. The summed E-state index contributed by atoms with van der Waals surface area (Å²) >= 11 is 0. The van der Waals surface area contributed by atoms with Crippen LogP contribution in [0.15, 0.2) is 30.3 Å². The molecule has 3 aliphatic rings. The number of rotatable bonds is 4. The van der Waals surface area contributed by atoms with E-state index in [-0.39, 0.29) is 29.7 Å². The average molecular weight is 481 g/mol. The number of hydrogen-bond donors (Lipinski definition) is 1. The molecular formula is C21H21F2N3O6S. The third-order valence-electron chi connectivity index (χ3n) is 6.17. The normalized spacial score (nSPS) is 25.0. The molecule has 176 valence electrons. The summed E-state index contributed by atoms with van der Waals surface area (Å²) in [7, 11) is -3.15. The van der Waals surface area contributed by atoms with Crippen LogP contribution in [0.25, 0.3) is 0 Å². The highest BCUT2D eigenvalue weighted by molar-refractivity contribution is 7.91. The van der Waals surface area contributed by atoms with Gasteiger partial charge < -0.3 is 24.4 Å². The number of sulfone groups is 1. The molecule has 1 amide bonds. The maximum Gasteiger partial charge on any atom is 0.586 e. The fourth-order valence-corrected chi connectivity index (χ4v) is 5.21. The molecule has 1 aromatic carbocycles. The number of anilines is 2. The lowest BCUT2D eigenvalue weighted by Gasteiger charge is -2.22. The maximum atomic E-state index is 13.4. The number of nitrogens with zero attached hydrogens (tertiary/aromatic N) is 2. The molecule has 2 aromatic rings. The molecule has 1 saturated heterocycles. The Morgan fingerprint density at radius 2 is 1.94 bits per heavy atom. The van der Waals surface area contributed by atoms with E-state index >= 15 is 0 Å². The second kappa shape index (κ2) is 7.17. The minimum Gasteiger partial charge on any atom is -0.492 e. The number of nitrogens with one attached hydrogen (secondary N) is 1. The van der Waals surface area contributed by atoms with Gasteiger partial charge in [-0.3, -0.25) is 4.79 Å². The van der Waals surface area contributed by atoms with E-state index in [0.717, 1.165) is 0 Å². The maximum absolute atomic E-state index is 13.4. The minimum atomic E-state index is -3.77. The minimum absolute atomic E-state index is 0.00465. The Kier molecular flexibility index (Phi) is 4.71.